The summed E-state index contributed by atoms with van der Waals surface area (Å²) in [5.74, 6) is -0.0807. The smallest absolute Gasteiger partial charge is 0.341 e. The van der Waals surface area contributed by atoms with Crippen LogP contribution in [0.3, 0.4) is 0 Å². The number of carbonyl (C=O) groups is 1. The SMILES string of the molecule is CCCc1c(O)c(C(=O)OC)c(C)c(CCCl)c1COC. The first-order chi connectivity index (χ1) is 10.0. The summed E-state index contributed by atoms with van der Waals surface area (Å²) in [6.07, 6.45) is 2.14. The first kappa shape index (κ1) is 17.8. The van der Waals surface area contributed by atoms with Gasteiger partial charge in [0.2, 0.25) is 0 Å². The molecule has 0 unspecified atom stereocenters. The van der Waals surface area contributed by atoms with Crippen LogP contribution in [0.5, 0.6) is 5.75 Å². The maximum absolute atomic E-state index is 12.0. The van der Waals surface area contributed by atoms with Crippen molar-refractivity contribution in [1.82, 2.24) is 0 Å². The quantitative estimate of drug-likeness (QED) is 0.619. The molecule has 0 aromatic heterocycles. The third kappa shape index (κ3) is 3.69. The molecule has 0 amide bonds. The molecule has 1 aromatic rings. The van der Waals surface area contributed by atoms with Crippen LogP contribution >= 0.6 is 11.6 Å². The third-order valence-electron chi connectivity index (χ3n) is 3.60. The van der Waals surface area contributed by atoms with Crippen LogP contribution in [0, 0.1) is 6.92 Å². The number of carbonyl (C=O) groups excluding carboxylic acids is 1. The maximum Gasteiger partial charge on any atom is 0.341 e. The molecule has 0 aliphatic carbocycles. The normalized spacial score (nSPS) is 10.7. The second-order valence-corrected chi connectivity index (χ2v) is 5.28. The number of hydrogen-bond donors (Lipinski definition) is 1. The monoisotopic (exact) mass is 314 g/mol. The van der Waals surface area contributed by atoms with E-state index >= 15 is 0 Å². The minimum Gasteiger partial charge on any atom is -0.507 e. The number of halogens is 1. The zero-order valence-corrected chi connectivity index (χ0v) is 13.8. The first-order valence-corrected chi connectivity index (χ1v) is 7.56. The van der Waals surface area contributed by atoms with Gasteiger partial charge in [0.15, 0.2) is 0 Å². The molecule has 0 radical (unpaired) electrons. The molecular weight excluding hydrogens is 292 g/mol. The second kappa shape index (κ2) is 8.25. The van der Waals surface area contributed by atoms with Crippen LogP contribution in [0.4, 0.5) is 0 Å². The average Bonchev–Trinajstić information content (AvgIpc) is 2.47. The van der Waals surface area contributed by atoms with E-state index in [2.05, 4.69) is 0 Å². The fraction of sp³-hybridized carbons (Fsp3) is 0.562. The molecule has 0 atom stereocenters. The topological polar surface area (TPSA) is 55.8 Å². The van der Waals surface area contributed by atoms with Crippen molar-refractivity contribution >= 4 is 17.6 Å². The highest BCUT2D eigenvalue weighted by atomic mass is 35.5. The molecule has 0 saturated carbocycles. The van der Waals surface area contributed by atoms with Crippen molar-refractivity contribution in [2.45, 2.75) is 39.7 Å². The van der Waals surface area contributed by atoms with Gasteiger partial charge in [-0.15, -0.1) is 11.6 Å². The molecular formula is C16H23ClO4. The number of rotatable bonds is 7. The Bertz CT molecular complexity index is 478. The maximum atomic E-state index is 12.0. The molecule has 0 aliphatic heterocycles. The van der Waals surface area contributed by atoms with Crippen LogP contribution in [0.2, 0.25) is 0 Å². The van der Waals surface area contributed by atoms with Crippen LogP contribution in [0.1, 0.15) is 46.0 Å². The second-order valence-electron chi connectivity index (χ2n) is 4.90. The Kier molecular flexibility index (Phi) is 6.99. The Balaban J connectivity index is 3.66. The van der Waals surface area contributed by atoms with Gasteiger partial charge in [-0.25, -0.2) is 4.79 Å². The molecule has 0 spiro atoms. The molecule has 4 nitrogen and oxygen atoms in total. The number of ether oxygens (including phenoxy) is 2. The number of benzene rings is 1. The molecule has 1 aromatic carbocycles. The zero-order chi connectivity index (χ0) is 16.0. The van der Waals surface area contributed by atoms with E-state index < -0.39 is 5.97 Å². The zero-order valence-electron chi connectivity index (χ0n) is 13.1. The lowest BCUT2D eigenvalue weighted by molar-refractivity contribution is 0.0596. The van der Waals surface area contributed by atoms with E-state index in [1.807, 2.05) is 13.8 Å². The molecule has 0 fully saturated rings. The summed E-state index contributed by atoms with van der Waals surface area (Å²) in [4.78, 5) is 12.0. The molecule has 1 rings (SSSR count). The highest BCUT2D eigenvalue weighted by Crippen LogP contribution is 2.35. The standard InChI is InChI=1S/C16H23ClO4/c1-5-6-12-13(9-20-3)11(7-8-17)10(2)14(15(12)18)16(19)21-4/h18H,5-9H2,1-4H3. The van der Waals surface area contributed by atoms with E-state index in [0.717, 1.165) is 23.1 Å². The van der Waals surface area contributed by atoms with Crippen molar-refractivity contribution < 1.29 is 19.4 Å². The van der Waals surface area contributed by atoms with Crippen LogP contribution in [0.15, 0.2) is 0 Å². The summed E-state index contributed by atoms with van der Waals surface area (Å²) >= 11 is 5.90. The summed E-state index contributed by atoms with van der Waals surface area (Å²) in [7, 11) is 2.92. The van der Waals surface area contributed by atoms with E-state index in [1.54, 1.807) is 7.11 Å². The van der Waals surface area contributed by atoms with Crippen molar-refractivity contribution in [2.24, 2.45) is 0 Å². The van der Waals surface area contributed by atoms with Gasteiger partial charge in [-0.3, -0.25) is 0 Å². The molecule has 0 aliphatic rings. The number of aromatic hydroxyl groups is 1. The van der Waals surface area contributed by atoms with Crippen LogP contribution in [0.25, 0.3) is 0 Å². The highest BCUT2D eigenvalue weighted by molar-refractivity contribution is 6.18. The molecule has 0 bridgehead atoms. The lowest BCUT2D eigenvalue weighted by Crippen LogP contribution is -2.13. The molecule has 21 heavy (non-hydrogen) atoms. The summed E-state index contributed by atoms with van der Waals surface area (Å²) in [5, 5.41) is 10.5. The van der Waals surface area contributed by atoms with Crippen molar-refractivity contribution in [2.75, 3.05) is 20.1 Å². The minimum atomic E-state index is -0.526. The fourth-order valence-corrected chi connectivity index (χ4v) is 2.84. The summed E-state index contributed by atoms with van der Waals surface area (Å²) < 4.78 is 10.1. The number of methoxy groups -OCH3 is 2. The van der Waals surface area contributed by atoms with Gasteiger partial charge in [0, 0.05) is 18.6 Å². The van der Waals surface area contributed by atoms with Crippen molar-refractivity contribution in [3.05, 3.63) is 27.8 Å². The number of phenols is 1. The Morgan fingerprint density at radius 3 is 2.33 bits per heavy atom. The van der Waals surface area contributed by atoms with Gasteiger partial charge < -0.3 is 14.6 Å². The summed E-state index contributed by atoms with van der Waals surface area (Å²) in [5.41, 5.74) is 3.61. The van der Waals surface area contributed by atoms with Crippen LogP contribution in [-0.2, 0) is 28.9 Å². The van der Waals surface area contributed by atoms with E-state index in [-0.39, 0.29) is 11.3 Å². The van der Waals surface area contributed by atoms with Gasteiger partial charge in [-0.2, -0.15) is 0 Å². The molecule has 1 N–H and O–H groups in total. The number of alkyl halides is 1. The Hall–Kier alpha value is -1.26. The lowest BCUT2D eigenvalue weighted by Gasteiger charge is -2.21. The minimum absolute atomic E-state index is 0.00609. The van der Waals surface area contributed by atoms with Gasteiger partial charge in [0.25, 0.3) is 0 Å². The van der Waals surface area contributed by atoms with Crippen molar-refractivity contribution in [3.8, 4) is 5.75 Å². The molecule has 0 saturated heterocycles. The van der Waals surface area contributed by atoms with Crippen LogP contribution < -0.4 is 0 Å². The average molecular weight is 315 g/mol. The van der Waals surface area contributed by atoms with E-state index in [4.69, 9.17) is 21.1 Å². The first-order valence-electron chi connectivity index (χ1n) is 7.02. The van der Waals surface area contributed by atoms with E-state index in [1.165, 1.54) is 7.11 Å². The fourth-order valence-electron chi connectivity index (χ4n) is 2.65. The summed E-state index contributed by atoms with van der Waals surface area (Å²) in [6, 6.07) is 0. The van der Waals surface area contributed by atoms with Gasteiger partial charge >= 0.3 is 5.97 Å². The number of hydrogen-bond acceptors (Lipinski definition) is 4. The number of phenolic OH excluding ortho intramolecular Hbond substituents is 1. The van der Waals surface area contributed by atoms with Crippen molar-refractivity contribution in [1.29, 1.82) is 0 Å². The third-order valence-corrected chi connectivity index (χ3v) is 3.79. The van der Waals surface area contributed by atoms with Gasteiger partial charge in [-0.1, -0.05) is 13.3 Å². The van der Waals surface area contributed by atoms with Gasteiger partial charge in [0.05, 0.1) is 13.7 Å². The Morgan fingerprint density at radius 2 is 1.86 bits per heavy atom. The van der Waals surface area contributed by atoms with E-state index in [0.29, 0.717) is 30.9 Å². The predicted octanol–water partition coefficient (Wildman–Crippen LogP) is 3.37. The van der Waals surface area contributed by atoms with Gasteiger partial charge in [-0.05, 0) is 36.5 Å². The number of esters is 1. The largest absolute Gasteiger partial charge is 0.507 e. The highest BCUT2D eigenvalue weighted by Gasteiger charge is 2.25. The Morgan fingerprint density at radius 1 is 1.19 bits per heavy atom. The van der Waals surface area contributed by atoms with Crippen molar-refractivity contribution in [3.63, 3.8) is 0 Å². The van der Waals surface area contributed by atoms with Gasteiger partial charge in [0.1, 0.15) is 11.3 Å². The van der Waals surface area contributed by atoms with Crippen LogP contribution in [-0.4, -0.2) is 31.2 Å². The molecule has 118 valence electrons. The lowest BCUT2D eigenvalue weighted by atomic mass is 9.88. The predicted molar refractivity (Wildman–Crippen MR) is 83.3 cm³/mol. The Labute approximate surface area is 131 Å². The molecule has 0 heterocycles. The molecule has 5 heteroatoms. The van der Waals surface area contributed by atoms with E-state index in [9.17, 15) is 9.90 Å². The summed E-state index contributed by atoms with van der Waals surface area (Å²) in [6.45, 7) is 4.22.